The van der Waals surface area contributed by atoms with E-state index in [0.717, 1.165) is 36.7 Å². The van der Waals surface area contributed by atoms with Gasteiger partial charge in [-0.05, 0) is 30.7 Å². The lowest BCUT2D eigenvalue weighted by Crippen LogP contribution is -2.27. The van der Waals surface area contributed by atoms with Gasteiger partial charge in [-0.15, -0.1) is 0 Å². The van der Waals surface area contributed by atoms with E-state index in [1.807, 2.05) is 24.3 Å². The molecule has 4 heteroatoms. The lowest BCUT2D eigenvalue weighted by molar-refractivity contribution is -0.0162. The largest absolute Gasteiger partial charge is 0.379 e. The molecule has 1 aromatic carbocycles. The number of likely N-dealkylation sites (N-methyl/N-ethyl adjacent to an activating group) is 1. The topological polar surface area (TPSA) is 30.5 Å². The first-order chi connectivity index (χ1) is 8.79. The predicted octanol–water partition coefficient (Wildman–Crippen LogP) is 2.80. The Labute approximate surface area is 113 Å². The molecular formula is C14H20ClNO2. The van der Waals surface area contributed by atoms with Crippen molar-refractivity contribution < 1.29 is 9.47 Å². The van der Waals surface area contributed by atoms with Gasteiger partial charge in [0, 0.05) is 18.2 Å². The molecule has 0 bridgehead atoms. The highest BCUT2D eigenvalue weighted by atomic mass is 35.5. The smallest absolute Gasteiger partial charge is 0.0954 e. The second-order valence-electron chi connectivity index (χ2n) is 4.47. The molecule has 2 rings (SSSR count). The highest BCUT2D eigenvalue weighted by molar-refractivity contribution is 6.30. The fraction of sp³-hybridized carbons (Fsp3) is 0.571. The molecule has 18 heavy (non-hydrogen) atoms. The quantitative estimate of drug-likeness (QED) is 0.861. The van der Waals surface area contributed by atoms with E-state index in [2.05, 4.69) is 12.2 Å². The molecule has 100 valence electrons. The molecule has 2 atom stereocenters. The van der Waals surface area contributed by atoms with Gasteiger partial charge in [-0.2, -0.15) is 0 Å². The van der Waals surface area contributed by atoms with Crippen LogP contribution in [-0.4, -0.2) is 32.4 Å². The number of ether oxygens (including phenoxy) is 2. The van der Waals surface area contributed by atoms with Gasteiger partial charge < -0.3 is 14.8 Å². The zero-order valence-corrected chi connectivity index (χ0v) is 11.5. The maximum atomic E-state index is 6.11. The third-order valence-electron chi connectivity index (χ3n) is 3.07. The van der Waals surface area contributed by atoms with Crippen LogP contribution in [0.2, 0.25) is 5.02 Å². The Morgan fingerprint density at radius 2 is 2.22 bits per heavy atom. The van der Waals surface area contributed by atoms with E-state index in [0.29, 0.717) is 6.61 Å². The van der Waals surface area contributed by atoms with E-state index >= 15 is 0 Å². The summed E-state index contributed by atoms with van der Waals surface area (Å²) >= 11 is 5.91. The summed E-state index contributed by atoms with van der Waals surface area (Å²) in [5, 5.41) is 4.09. The van der Waals surface area contributed by atoms with Gasteiger partial charge in [0.1, 0.15) is 0 Å². The van der Waals surface area contributed by atoms with E-state index in [1.165, 1.54) is 0 Å². The molecule has 0 aromatic heterocycles. The van der Waals surface area contributed by atoms with Gasteiger partial charge in [0.15, 0.2) is 0 Å². The molecule has 0 spiro atoms. The predicted molar refractivity (Wildman–Crippen MR) is 73.0 cm³/mol. The summed E-state index contributed by atoms with van der Waals surface area (Å²) in [7, 11) is 0. The van der Waals surface area contributed by atoms with Crippen LogP contribution >= 0.6 is 11.6 Å². The molecule has 1 aliphatic rings. The molecule has 1 aromatic rings. The van der Waals surface area contributed by atoms with Crippen LogP contribution < -0.4 is 5.32 Å². The molecule has 2 unspecified atom stereocenters. The van der Waals surface area contributed by atoms with Gasteiger partial charge in [0.2, 0.25) is 0 Å². The number of halogens is 1. The van der Waals surface area contributed by atoms with Crippen molar-refractivity contribution in [1.82, 2.24) is 5.32 Å². The summed E-state index contributed by atoms with van der Waals surface area (Å²) in [6.45, 7) is 5.36. The van der Waals surface area contributed by atoms with Crippen molar-refractivity contribution in [1.29, 1.82) is 0 Å². The molecular weight excluding hydrogens is 250 g/mol. The maximum Gasteiger partial charge on any atom is 0.0954 e. The van der Waals surface area contributed by atoms with E-state index in [9.17, 15) is 0 Å². The van der Waals surface area contributed by atoms with Gasteiger partial charge in [0.05, 0.1) is 18.8 Å². The molecule has 1 fully saturated rings. The van der Waals surface area contributed by atoms with Gasteiger partial charge in [-0.3, -0.25) is 0 Å². The van der Waals surface area contributed by atoms with Crippen molar-refractivity contribution >= 4 is 11.6 Å². The van der Waals surface area contributed by atoms with Crippen LogP contribution in [0.25, 0.3) is 0 Å². The Hall–Kier alpha value is -0.610. The summed E-state index contributed by atoms with van der Waals surface area (Å²) in [5.74, 6) is 0. The van der Waals surface area contributed by atoms with Crippen LogP contribution in [0.15, 0.2) is 24.3 Å². The minimum absolute atomic E-state index is 0.0638. The normalized spacial score (nSPS) is 21.1. The van der Waals surface area contributed by atoms with Crippen molar-refractivity contribution in [3.05, 3.63) is 34.9 Å². The molecule has 3 nitrogen and oxygen atoms in total. The third kappa shape index (κ3) is 3.95. The van der Waals surface area contributed by atoms with Gasteiger partial charge in [-0.1, -0.05) is 30.7 Å². The summed E-state index contributed by atoms with van der Waals surface area (Å²) in [5.41, 5.74) is 1.16. The van der Waals surface area contributed by atoms with Crippen molar-refractivity contribution in [2.45, 2.75) is 25.6 Å². The molecule has 1 aliphatic heterocycles. The second kappa shape index (κ2) is 7.10. The van der Waals surface area contributed by atoms with Gasteiger partial charge >= 0.3 is 0 Å². The zero-order chi connectivity index (χ0) is 12.8. The summed E-state index contributed by atoms with van der Waals surface area (Å²) < 4.78 is 11.5. The highest BCUT2D eigenvalue weighted by Crippen LogP contribution is 2.23. The molecule has 1 saturated heterocycles. The number of benzene rings is 1. The fourth-order valence-corrected chi connectivity index (χ4v) is 2.18. The first kappa shape index (κ1) is 13.8. The lowest BCUT2D eigenvalue weighted by atomic mass is 10.1. The van der Waals surface area contributed by atoms with Crippen molar-refractivity contribution in [3.8, 4) is 0 Å². The zero-order valence-electron chi connectivity index (χ0n) is 10.7. The monoisotopic (exact) mass is 269 g/mol. The second-order valence-corrected chi connectivity index (χ2v) is 4.91. The van der Waals surface area contributed by atoms with Crippen LogP contribution in [-0.2, 0) is 9.47 Å². The Balaban J connectivity index is 2.00. The minimum atomic E-state index is 0.0638. The van der Waals surface area contributed by atoms with Crippen LogP contribution in [0.3, 0.4) is 0 Å². The number of hydrogen-bond donors (Lipinski definition) is 1. The summed E-state index contributed by atoms with van der Waals surface area (Å²) in [6.07, 6.45) is 1.26. The van der Waals surface area contributed by atoms with Crippen molar-refractivity contribution in [3.63, 3.8) is 0 Å². The van der Waals surface area contributed by atoms with E-state index in [-0.39, 0.29) is 12.2 Å². The molecule has 0 radical (unpaired) electrons. The molecule has 1 N–H and O–H groups in total. The minimum Gasteiger partial charge on any atom is -0.379 e. The van der Waals surface area contributed by atoms with E-state index < -0.39 is 0 Å². The van der Waals surface area contributed by atoms with Crippen molar-refractivity contribution in [2.24, 2.45) is 0 Å². The SMILES string of the molecule is CCNCC(OC1CCOC1)c1ccc(Cl)cc1. The highest BCUT2D eigenvalue weighted by Gasteiger charge is 2.21. The Morgan fingerprint density at radius 1 is 1.44 bits per heavy atom. The third-order valence-corrected chi connectivity index (χ3v) is 3.32. The van der Waals surface area contributed by atoms with Crippen LogP contribution in [0.4, 0.5) is 0 Å². The Kier molecular flexibility index (Phi) is 5.45. The van der Waals surface area contributed by atoms with Gasteiger partial charge in [-0.25, -0.2) is 0 Å². The summed E-state index contributed by atoms with van der Waals surface area (Å²) in [6, 6.07) is 7.87. The van der Waals surface area contributed by atoms with Gasteiger partial charge in [0.25, 0.3) is 0 Å². The molecule has 0 aliphatic carbocycles. The average molecular weight is 270 g/mol. The molecule has 1 heterocycles. The van der Waals surface area contributed by atoms with E-state index in [1.54, 1.807) is 0 Å². The molecule has 0 saturated carbocycles. The molecule has 0 amide bonds. The van der Waals surface area contributed by atoms with Crippen molar-refractivity contribution in [2.75, 3.05) is 26.3 Å². The maximum absolute atomic E-state index is 6.11. The lowest BCUT2D eigenvalue weighted by Gasteiger charge is -2.22. The number of hydrogen-bond acceptors (Lipinski definition) is 3. The average Bonchev–Trinajstić information content (AvgIpc) is 2.88. The summed E-state index contributed by atoms with van der Waals surface area (Å²) in [4.78, 5) is 0. The number of rotatable bonds is 6. The first-order valence-corrected chi connectivity index (χ1v) is 6.86. The number of nitrogens with one attached hydrogen (secondary N) is 1. The van der Waals surface area contributed by atoms with Crippen LogP contribution in [0, 0.1) is 0 Å². The van der Waals surface area contributed by atoms with Crippen LogP contribution in [0.5, 0.6) is 0 Å². The first-order valence-electron chi connectivity index (χ1n) is 6.49. The standard InChI is InChI=1S/C14H20ClNO2/c1-2-16-9-14(18-13-7-8-17-10-13)11-3-5-12(15)6-4-11/h3-6,13-14,16H,2,7-10H2,1H3. The Morgan fingerprint density at radius 3 is 2.83 bits per heavy atom. The van der Waals surface area contributed by atoms with E-state index in [4.69, 9.17) is 21.1 Å². The Bertz CT molecular complexity index is 349. The fourth-order valence-electron chi connectivity index (χ4n) is 2.05. The van der Waals surface area contributed by atoms with Crippen LogP contribution in [0.1, 0.15) is 25.0 Å².